The van der Waals surface area contributed by atoms with E-state index in [0.29, 0.717) is 6.04 Å². The standard InChI is InChI=1S/C15H17BrN4/c1-10-12(17)9-19-15(14(10)16)20-8-2-3-13(20)11-4-6-18-7-5-11/h4-7,9,13H,2-3,8,17H2,1H3. The summed E-state index contributed by atoms with van der Waals surface area (Å²) in [5.41, 5.74) is 8.98. The minimum absolute atomic E-state index is 0.366. The molecule has 5 heteroatoms. The fourth-order valence-corrected chi connectivity index (χ4v) is 3.29. The Morgan fingerprint density at radius 1 is 1.35 bits per heavy atom. The molecule has 3 rings (SSSR count). The first-order valence-corrected chi connectivity index (χ1v) is 7.55. The fourth-order valence-electron chi connectivity index (χ4n) is 2.73. The highest BCUT2D eigenvalue weighted by Crippen LogP contribution is 2.39. The summed E-state index contributed by atoms with van der Waals surface area (Å²) >= 11 is 3.64. The average Bonchev–Trinajstić information content (AvgIpc) is 2.95. The van der Waals surface area contributed by atoms with E-state index < -0.39 is 0 Å². The molecule has 2 aromatic rings. The van der Waals surface area contributed by atoms with Gasteiger partial charge >= 0.3 is 0 Å². The van der Waals surface area contributed by atoms with Gasteiger partial charge in [0.1, 0.15) is 5.82 Å². The van der Waals surface area contributed by atoms with Gasteiger partial charge in [0, 0.05) is 18.9 Å². The maximum Gasteiger partial charge on any atom is 0.143 e. The van der Waals surface area contributed by atoms with Gasteiger partial charge in [0.2, 0.25) is 0 Å². The Labute approximate surface area is 127 Å². The quantitative estimate of drug-likeness (QED) is 0.914. The zero-order chi connectivity index (χ0) is 14.1. The van der Waals surface area contributed by atoms with Gasteiger partial charge in [-0.25, -0.2) is 4.98 Å². The maximum absolute atomic E-state index is 5.91. The van der Waals surface area contributed by atoms with Crippen LogP contribution in [0.4, 0.5) is 11.5 Å². The normalized spacial score (nSPS) is 18.5. The lowest BCUT2D eigenvalue weighted by Crippen LogP contribution is -2.24. The molecule has 0 aliphatic carbocycles. The van der Waals surface area contributed by atoms with E-state index in [4.69, 9.17) is 5.73 Å². The summed E-state index contributed by atoms with van der Waals surface area (Å²) in [4.78, 5) is 11.0. The molecule has 0 bridgehead atoms. The van der Waals surface area contributed by atoms with Crippen molar-refractivity contribution in [2.24, 2.45) is 0 Å². The van der Waals surface area contributed by atoms with Crippen molar-refractivity contribution in [1.29, 1.82) is 0 Å². The smallest absolute Gasteiger partial charge is 0.143 e. The molecule has 104 valence electrons. The summed E-state index contributed by atoms with van der Waals surface area (Å²) in [5, 5.41) is 0. The second kappa shape index (κ2) is 5.40. The van der Waals surface area contributed by atoms with Crippen LogP contribution in [0.15, 0.2) is 35.2 Å². The average molecular weight is 333 g/mol. The highest BCUT2D eigenvalue weighted by molar-refractivity contribution is 9.10. The first-order chi connectivity index (χ1) is 9.68. The molecule has 2 N–H and O–H groups in total. The van der Waals surface area contributed by atoms with Crippen LogP contribution in [0.25, 0.3) is 0 Å². The molecule has 0 radical (unpaired) electrons. The lowest BCUT2D eigenvalue weighted by molar-refractivity contribution is 0.709. The molecule has 0 saturated carbocycles. The van der Waals surface area contributed by atoms with Gasteiger partial charge in [-0.1, -0.05) is 0 Å². The molecule has 1 aliphatic heterocycles. The molecule has 1 fully saturated rings. The van der Waals surface area contributed by atoms with Crippen LogP contribution in [0, 0.1) is 6.92 Å². The van der Waals surface area contributed by atoms with Crippen LogP contribution in [0.2, 0.25) is 0 Å². The van der Waals surface area contributed by atoms with Crippen molar-refractivity contribution < 1.29 is 0 Å². The molecule has 1 unspecified atom stereocenters. The minimum atomic E-state index is 0.366. The van der Waals surface area contributed by atoms with Gasteiger partial charge in [0.25, 0.3) is 0 Å². The SMILES string of the molecule is Cc1c(N)cnc(N2CCCC2c2ccncc2)c1Br. The monoisotopic (exact) mass is 332 g/mol. The molecule has 0 aromatic carbocycles. The third-order valence-electron chi connectivity index (χ3n) is 3.90. The van der Waals surface area contributed by atoms with E-state index in [-0.39, 0.29) is 0 Å². The van der Waals surface area contributed by atoms with E-state index in [2.05, 4.69) is 42.9 Å². The first-order valence-electron chi connectivity index (χ1n) is 6.75. The number of nitrogens with two attached hydrogens (primary N) is 1. The molecular weight excluding hydrogens is 316 g/mol. The third kappa shape index (κ3) is 2.26. The van der Waals surface area contributed by atoms with Crippen molar-refractivity contribution in [3.8, 4) is 0 Å². The Kier molecular flexibility index (Phi) is 3.61. The summed E-state index contributed by atoms with van der Waals surface area (Å²) < 4.78 is 0.999. The summed E-state index contributed by atoms with van der Waals surface area (Å²) in [6.45, 7) is 3.03. The predicted molar refractivity (Wildman–Crippen MR) is 84.6 cm³/mol. The van der Waals surface area contributed by atoms with Gasteiger partial charge in [-0.15, -0.1) is 0 Å². The van der Waals surface area contributed by atoms with Crippen LogP contribution in [0.3, 0.4) is 0 Å². The number of hydrogen-bond donors (Lipinski definition) is 1. The lowest BCUT2D eigenvalue weighted by atomic mass is 10.1. The summed E-state index contributed by atoms with van der Waals surface area (Å²) in [6, 6.07) is 4.53. The van der Waals surface area contributed by atoms with Crippen molar-refractivity contribution in [1.82, 2.24) is 9.97 Å². The summed E-state index contributed by atoms with van der Waals surface area (Å²) in [7, 11) is 0. The predicted octanol–water partition coefficient (Wildman–Crippen LogP) is 3.47. The number of aromatic nitrogens is 2. The Hall–Kier alpha value is -1.62. The van der Waals surface area contributed by atoms with Crippen molar-refractivity contribution in [2.75, 3.05) is 17.2 Å². The van der Waals surface area contributed by atoms with E-state index in [9.17, 15) is 0 Å². The van der Waals surface area contributed by atoms with E-state index >= 15 is 0 Å². The number of halogens is 1. The highest BCUT2D eigenvalue weighted by atomic mass is 79.9. The van der Waals surface area contributed by atoms with E-state index in [0.717, 1.165) is 34.5 Å². The van der Waals surface area contributed by atoms with Crippen molar-refractivity contribution in [3.63, 3.8) is 0 Å². The summed E-state index contributed by atoms with van der Waals surface area (Å²) in [6.07, 6.45) is 7.76. The number of nitrogens with zero attached hydrogens (tertiary/aromatic N) is 3. The zero-order valence-corrected chi connectivity index (χ0v) is 13.0. The Morgan fingerprint density at radius 2 is 2.10 bits per heavy atom. The molecule has 1 saturated heterocycles. The number of anilines is 2. The second-order valence-electron chi connectivity index (χ2n) is 5.11. The van der Waals surface area contributed by atoms with E-state index in [1.165, 1.54) is 12.0 Å². The molecule has 0 spiro atoms. The molecule has 3 heterocycles. The van der Waals surface area contributed by atoms with Crippen molar-refractivity contribution in [2.45, 2.75) is 25.8 Å². The number of hydrogen-bond acceptors (Lipinski definition) is 4. The Bertz CT molecular complexity index is 615. The third-order valence-corrected chi connectivity index (χ3v) is 4.85. The maximum atomic E-state index is 5.91. The Morgan fingerprint density at radius 3 is 2.85 bits per heavy atom. The topological polar surface area (TPSA) is 55.0 Å². The van der Waals surface area contributed by atoms with Crippen molar-refractivity contribution >= 4 is 27.4 Å². The van der Waals surface area contributed by atoms with Crippen LogP contribution in [0.5, 0.6) is 0 Å². The molecule has 20 heavy (non-hydrogen) atoms. The van der Waals surface area contributed by atoms with Gasteiger partial charge in [-0.3, -0.25) is 4.98 Å². The van der Waals surface area contributed by atoms with E-state index in [1.54, 1.807) is 6.20 Å². The largest absolute Gasteiger partial charge is 0.397 e. The van der Waals surface area contributed by atoms with Crippen LogP contribution in [0.1, 0.15) is 30.0 Å². The van der Waals surface area contributed by atoms with Gasteiger partial charge in [-0.05, 0) is 59.0 Å². The second-order valence-corrected chi connectivity index (χ2v) is 5.90. The van der Waals surface area contributed by atoms with Crippen LogP contribution < -0.4 is 10.6 Å². The van der Waals surface area contributed by atoms with Gasteiger partial charge in [-0.2, -0.15) is 0 Å². The molecule has 0 amide bonds. The molecular formula is C15H17BrN4. The van der Waals surface area contributed by atoms with Crippen LogP contribution >= 0.6 is 15.9 Å². The van der Waals surface area contributed by atoms with Crippen LogP contribution in [-0.4, -0.2) is 16.5 Å². The van der Waals surface area contributed by atoms with E-state index in [1.807, 2.05) is 19.3 Å². The van der Waals surface area contributed by atoms with Crippen molar-refractivity contribution in [3.05, 3.63) is 46.3 Å². The fraction of sp³-hybridized carbons (Fsp3) is 0.333. The first kappa shape index (κ1) is 13.4. The summed E-state index contributed by atoms with van der Waals surface area (Å²) in [5.74, 6) is 0.982. The van der Waals surface area contributed by atoms with Gasteiger partial charge in [0.15, 0.2) is 0 Å². The Balaban J connectivity index is 1.99. The number of rotatable bonds is 2. The molecule has 2 aromatic heterocycles. The number of pyridine rings is 2. The molecule has 1 atom stereocenters. The lowest BCUT2D eigenvalue weighted by Gasteiger charge is -2.27. The molecule has 4 nitrogen and oxygen atoms in total. The number of nitrogen functional groups attached to an aromatic ring is 1. The van der Waals surface area contributed by atoms with Crippen LogP contribution in [-0.2, 0) is 0 Å². The molecule has 1 aliphatic rings. The van der Waals surface area contributed by atoms with Gasteiger partial charge < -0.3 is 10.6 Å². The minimum Gasteiger partial charge on any atom is -0.397 e. The van der Waals surface area contributed by atoms with Gasteiger partial charge in [0.05, 0.1) is 22.4 Å². The zero-order valence-electron chi connectivity index (χ0n) is 11.4. The highest BCUT2D eigenvalue weighted by Gasteiger charge is 2.28.